The minimum Gasteiger partial charge on any atom is -0.508 e. The van der Waals surface area contributed by atoms with E-state index in [1.54, 1.807) is 26.8 Å². The van der Waals surface area contributed by atoms with Gasteiger partial charge in [-0.15, -0.1) is 0 Å². The van der Waals surface area contributed by atoms with E-state index >= 15 is 0 Å². The summed E-state index contributed by atoms with van der Waals surface area (Å²) in [6.07, 6.45) is 1.26. The molecule has 2 rings (SSSR count). The van der Waals surface area contributed by atoms with Crippen LogP contribution in [0.25, 0.3) is 0 Å². The third-order valence-corrected chi connectivity index (χ3v) is 4.34. The number of sulfonamides is 1. The highest BCUT2D eigenvalue weighted by Gasteiger charge is 2.19. The molecule has 0 saturated carbocycles. The average Bonchev–Trinajstić information content (AvgIpc) is 2.73. The van der Waals surface area contributed by atoms with Crippen LogP contribution in [0.1, 0.15) is 16.8 Å². The second-order valence-electron chi connectivity index (χ2n) is 4.42. The number of phenolic OH excluding ortho intramolecular Hbond substituents is 1. The highest BCUT2D eigenvalue weighted by atomic mass is 32.2. The second kappa shape index (κ2) is 4.58. The number of aryl methyl sites for hydroxylation is 3. The van der Waals surface area contributed by atoms with Crippen LogP contribution in [0.5, 0.6) is 5.75 Å². The fraction of sp³-hybridized carbons (Fsp3) is 0.250. The van der Waals surface area contributed by atoms with Crippen molar-refractivity contribution in [2.75, 3.05) is 4.72 Å². The molecule has 0 aliphatic rings. The molecule has 0 aliphatic carbocycles. The Labute approximate surface area is 111 Å². The Morgan fingerprint density at radius 3 is 2.47 bits per heavy atom. The summed E-state index contributed by atoms with van der Waals surface area (Å²) in [5, 5.41) is 15.8. The van der Waals surface area contributed by atoms with Crippen LogP contribution in [-0.2, 0) is 10.0 Å². The van der Waals surface area contributed by atoms with Crippen LogP contribution >= 0.6 is 0 Å². The zero-order valence-electron chi connectivity index (χ0n) is 10.9. The van der Waals surface area contributed by atoms with Crippen molar-refractivity contribution in [3.05, 3.63) is 35.2 Å². The number of nitrogens with zero attached hydrogens (tertiary/aromatic N) is 1. The van der Waals surface area contributed by atoms with Crippen LogP contribution in [-0.4, -0.2) is 23.7 Å². The van der Waals surface area contributed by atoms with Crippen LogP contribution < -0.4 is 4.72 Å². The first-order valence-corrected chi connectivity index (χ1v) is 7.12. The summed E-state index contributed by atoms with van der Waals surface area (Å²) in [5.41, 5.74) is 2.16. The number of aromatic nitrogens is 2. The number of anilines is 1. The molecule has 7 heteroatoms. The number of nitrogens with one attached hydrogen (secondary N) is 2. The highest BCUT2D eigenvalue weighted by molar-refractivity contribution is 7.92. The van der Waals surface area contributed by atoms with Crippen molar-refractivity contribution in [2.24, 2.45) is 0 Å². The molecule has 0 fully saturated rings. The zero-order chi connectivity index (χ0) is 14.2. The Morgan fingerprint density at radius 1 is 1.21 bits per heavy atom. The standard InChI is InChI=1S/C12H15N3O3S/c1-7-5-11(16)8(2)4-10(7)15-19(17,18)12-6-13-14-9(12)3/h4-6,15-16H,1-3H3,(H,13,14). The molecule has 2 aromatic rings. The quantitative estimate of drug-likeness (QED) is 0.748. The van der Waals surface area contributed by atoms with E-state index in [-0.39, 0.29) is 10.6 Å². The Bertz CT molecular complexity index is 720. The smallest absolute Gasteiger partial charge is 0.265 e. The SMILES string of the molecule is Cc1cc(NS(=O)(=O)c2cn[nH]c2C)c(C)cc1O. The summed E-state index contributed by atoms with van der Waals surface area (Å²) >= 11 is 0. The lowest BCUT2D eigenvalue weighted by Crippen LogP contribution is -2.14. The number of aromatic amines is 1. The topological polar surface area (TPSA) is 95.1 Å². The van der Waals surface area contributed by atoms with Crippen LogP contribution in [0.3, 0.4) is 0 Å². The van der Waals surface area contributed by atoms with Gasteiger partial charge in [0.2, 0.25) is 0 Å². The summed E-state index contributed by atoms with van der Waals surface area (Å²) in [7, 11) is -3.68. The van der Waals surface area contributed by atoms with E-state index in [4.69, 9.17) is 0 Å². The van der Waals surface area contributed by atoms with Gasteiger partial charge in [-0.3, -0.25) is 9.82 Å². The number of hydrogen-bond acceptors (Lipinski definition) is 4. The van der Waals surface area contributed by atoms with Gasteiger partial charge in [-0.2, -0.15) is 5.10 Å². The minimum atomic E-state index is -3.68. The third kappa shape index (κ3) is 2.55. The van der Waals surface area contributed by atoms with Crippen molar-refractivity contribution < 1.29 is 13.5 Å². The van der Waals surface area contributed by atoms with Gasteiger partial charge in [-0.1, -0.05) is 0 Å². The third-order valence-electron chi connectivity index (χ3n) is 2.86. The molecule has 1 aromatic carbocycles. The maximum absolute atomic E-state index is 12.2. The summed E-state index contributed by atoms with van der Waals surface area (Å²) in [6.45, 7) is 5.06. The van der Waals surface area contributed by atoms with Crippen molar-refractivity contribution in [1.29, 1.82) is 0 Å². The molecular formula is C12H15N3O3S. The minimum absolute atomic E-state index is 0.109. The molecule has 0 atom stereocenters. The number of H-pyrrole nitrogens is 1. The molecule has 6 nitrogen and oxygen atoms in total. The summed E-state index contributed by atoms with van der Waals surface area (Å²) in [6, 6.07) is 3.12. The molecule has 1 aromatic heterocycles. The van der Waals surface area contributed by atoms with Crippen molar-refractivity contribution in [3.63, 3.8) is 0 Å². The van der Waals surface area contributed by atoms with Gasteiger partial charge in [0.05, 0.1) is 17.6 Å². The van der Waals surface area contributed by atoms with Gasteiger partial charge in [-0.25, -0.2) is 8.42 Å². The van der Waals surface area contributed by atoms with Crippen molar-refractivity contribution in [2.45, 2.75) is 25.7 Å². The van der Waals surface area contributed by atoms with E-state index in [1.807, 2.05) is 0 Å². The highest BCUT2D eigenvalue weighted by Crippen LogP contribution is 2.27. The largest absolute Gasteiger partial charge is 0.508 e. The van der Waals surface area contributed by atoms with Gasteiger partial charge in [0.15, 0.2) is 0 Å². The molecule has 0 spiro atoms. The Balaban J connectivity index is 2.42. The molecule has 19 heavy (non-hydrogen) atoms. The fourth-order valence-corrected chi connectivity index (χ4v) is 2.98. The number of benzene rings is 1. The van der Waals surface area contributed by atoms with E-state index < -0.39 is 10.0 Å². The predicted octanol–water partition coefficient (Wildman–Crippen LogP) is 1.84. The zero-order valence-corrected chi connectivity index (χ0v) is 11.7. The lowest BCUT2D eigenvalue weighted by atomic mass is 10.1. The van der Waals surface area contributed by atoms with E-state index in [2.05, 4.69) is 14.9 Å². The van der Waals surface area contributed by atoms with E-state index in [0.29, 0.717) is 22.5 Å². The summed E-state index contributed by atoms with van der Waals surface area (Å²) in [4.78, 5) is 0.109. The van der Waals surface area contributed by atoms with Crippen molar-refractivity contribution >= 4 is 15.7 Å². The molecule has 0 unspecified atom stereocenters. The van der Waals surface area contributed by atoms with Gasteiger partial charge >= 0.3 is 0 Å². The first-order chi connectivity index (χ1) is 8.81. The van der Waals surface area contributed by atoms with E-state index in [1.165, 1.54) is 12.3 Å². The molecular weight excluding hydrogens is 266 g/mol. The maximum atomic E-state index is 12.2. The molecule has 3 N–H and O–H groups in total. The van der Waals surface area contributed by atoms with Crippen LogP contribution in [0, 0.1) is 20.8 Å². The maximum Gasteiger partial charge on any atom is 0.265 e. The fourth-order valence-electron chi connectivity index (χ4n) is 1.72. The first kappa shape index (κ1) is 13.4. The molecule has 102 valence electrons. The Morgan fingerprint density at radius 2 is 1.89 bits per heavy atom. The van der Waals surface area contributed by atoms with E-state index in [9.17, 15) is 13.5 Å². The van der Waals surface area contributed by atoms with Crippen LogP contribution in [0.4, 0.5) is 5.69 Å². The molecule has 0 radical (unpaired) electrons. The van der Waals surface area contributed by atoms with Gasteiger partial charge in [-0.05, 0) is 44.0 Å². The van der Waals surface area contributed by atoms with Crippen LogP contribution in [0.15, 0.2) is 23.2 Å². The van der Waals surface area contributed by atoms with Gasteiger partial charge in [0, 0.05) is 0 Å². The second-order valence-corrected chi connectivity index (χ2v) is 6.07. The van der Waals surface area contributed by atoms with Crippen molar-refractivity contribution in [1.82, 2.24) is 10.2 Å². The van der Waals surface area contributed by atoms with Crippen LogP contribution in [0.2, 0.25) is 0 Å². The molecule has 0 saturated heterocycles. The van der Waals surface area contributed by atoms with Gasteiger partial charge in [0.25, 0.3) is 10.0 Å². The molecule has 0 amide bonds. The lowest BCUT2D eigenvalue weighted by molar-refractivity contribution is 0.471. The van der Waals surface area contributed by atoms with Crippen molar-refractivity contribution in [3.8, 4) is 5.75 Å². The number of hydrogen-bond donors (Lipinski definition) is 3. The predicted molar refractivity (Wildman–Crippen MR) is 71.7 cm³/mol. The number of aromatic hydroxyl groups is 1. The first-order valence-electron chi connectivity index (χ1n) is 5.64. The summed E-state index contributed by atoms with van der Waals surface area (Å²) < 4.78 is 26.9. The molecule has 0 aliphatic heterocycles. The summed E-state index contributed by atoms with van der Waals surface area (Å²) in [5.74, 6) is 0.139. The molecule has 1 heterocycles. The Hall–Kier alpha value is -2.02. The number of phenols is 1. The molecule has 0 bridgehead atoms. The van der Waals surface area contributed by atoms with Gasteiger partial charge in [0.1, 0.15) is 10.6 Å². The Kier molecular flexibility index (Phi) is 3.23. The van der Waals surface area contributed by atoms with Gasteiger partial charge < -0.3 is 5.11 Å². The lowest BCUT2D eigenvalue weighted by Gasteiger charge is -2.11. The average molecular weight is 281 g/mol. The monoisotopic (exact) mass is 281 g/mol. The number of rotatable bonds is 3. The van der Waals surface area contributed by atoms with E-state index in [0.717, 1.165) is 0 Å². The normalized spacial score (nSPS) is 11.5.